The van der Waals surface area contributed by atoms with Crippen LogP contribution in [0.25, 0.3) is 5.78 Å². The van der Waals surface area contributed by atoms with E-state index < -0.39 is 5.60 Å². The number of aryl methyl sites for hydroxylation is 1. The fourth-order valence-corrected chi connectivity index (χ4v) is 1.27. The number of nitrogens with zero attached hydrogens (tertiary/aromatic N) is 3. The van der Waals surface area contributed by atoms with Gasteiger partial charge in [0.15, 0.2) is 5.82 Å². The standard InChI is InChI=1S/C9H12N4O2/c1-5-4-6(14)13-8(10-5)11-7(12-13)9(2,3)15/h4,15H,1-3H3,(H,10,11,12). The fraction of sp³-hybridized carbons (Fsp3) is 0.444. The number of aromatic nitrogens is 4. The molecule has 0 amide bonds. The van der Waals surface area contributed by atoms with Crippen LogP contribution in [0, 0.1) is 6.92 Å². The van der Waals surface area contributed by atoms with Gasteiger partial charge in [0.2, 0.25) is 0 Å². The van der Waals surface area contributed by atoms with Crippen LogP contribution in [-0.4, -0.2) is 24.7 Å². The molecule has 0 aliphatic rings. The lowest BCUT2D eigenvalue weighted by Crippen LogP contribution is -2.19. The van der Waals surface area contributed by atoms with Gasteiger partial charge in [-0.15, -0.1) is 0 Å². The number of hydrogen-bond donors (Lipinski definition) is 2. The summed E-state index contributed by atoms with van der Waals surface area (Å²) in [6.07, 6.45) is 0. The maximum atomic E-state index is 11.5. The van der Waals surface area contributed by atoms with E-state index in [-0.39, 0.29) is 11.3 Å². The van der Waals surface area contributed by atoms with Crippen LogP contribution in [0.5, 0.6) is 0 Å². The summed E-state index contributed by atoms with van der Waals surface area (Å²) in [7, 11) is 0. The van der Waals surface area contributed by atoms with Crippen molar-refractivity contribution in [2.45, 2.75) is 26.4 Å². The molecule has 0 unspecified atom stereocenters. The summed E-state index contributed by atoms with van der Waals surface area (Å²) >= 11 is 0. The first-order chi connectivity index (χ1) is 6.88. The molecule has 0 radical (unpaired) electrons. The van der Waals surface area contributed by atoms with Gasteiger partial charge in [-0.05, 0) is 20.8 Å². The van der Waals surface area contributed by atoms with Gasteiger partial charge in [-0.3, -0.25) is 9.89 Å². The number of aromatic amines is 1. The molecule has 2 N–H and O–H groups in total. The van der Waals surface area contributed by atoms with Crippen LogP contribution in [0.4, 0.5) is 0 Å². The van der Waals surface area contributed by atoms with Crippen LogP contribution in [0.3, 0.4) is 0 Å². The minimum absolute atomic E-state index is 0.236. The van der Waals surface area contributed by atoms with E-state index in [1.54, 1.807) is 20.8 Å². The maximum Gasteiger partial charge on any atom is 0.274 e. The van der Waals surface area contributed by atoms with Crippen LogP contribution in [0.15, 0.2) is 10.9 Å². The van der Waals surface area contributed by atoms with E-state index in [4.69, 9.17) is 0 Å². The second kappa shape index (κ2) is 2.90. The van der Waals surface area contributed by atoms with Crippen LogP contribution in [-0.2, 0) is 5.60 Å². The fourth-order valence-electron chi connectivity index (χ4n) is 1.27. The molecule has 0 aliphatic heterocycles. The topological polar surface area (TPSA) is 83.3 Å². The number of rotatable bonds is 1. The van der Waals surface area contributed by atoms with Gasteiger partial charge in [0.25, 0.3) is 11.3 Å². The Morgan fingerprint density at radius 1 is 1.47 bits per heavy atom. The monoisotopic (exact) mass is 208 g/mol. The van der Waals surface area contributed by atoms with E-state index >= 15 is 0 Å². The number of nitrogens with one attached hydrogen (secondary N) is 1. The highest BCUT2D eigenvalue weighted by Gasteiger charge is 2.21. The van der Waals surface area contributed by atoms with E-state index in [1.165, 1.54) is 10.6 Å². The van der Waals surface area contributed by atoms with Gasteiger partial charge in [-0.2, -0.15) is 9.50 Å². The molecule has 15 heavy (non-hydrogen) atoms. The first-order valence-corrected chi connectivity index (χ1v) is 4.57. The number of H-pyrrole nitrogens is 1. The molecular formula is C9H12N4O2. The molecule has 0 aromatic carbocycles. The van der Waals surface area contributed by atoms with E-state index in [2.05, 4.69) is 15.1 Å². The van der Waals surface area contributed by atoms with Crippen molar-refractivity contribution in [2.24, 2.45) is 0 Å². The van der Waals surface area contributed by atoms with Crippen molar-refractivity contribution in [1.29, 1.82) is 0 Å². The predicted octanol–water partition coefficient (Wildman–Crippen LogP) is -0.0466. The highest BCUT2D eigenvalue weighted by Crippen LogP contribution is 2.14. The molecule has 80 valence electrons. The third kappa shape index (κ3) is 1.63. The molecular weight excluding hydrogens is 196 g/mol. The quantitative estimate of drug-likeness (QED) is 0.688. The van der Waals surface area contributed by atoms with Crippen molar-refractivity contribution in [3.63, 3.8) is 0 Å². The normalized spacial score (nSPS) is 12.3. The Bertz CT molecular complexity index is 561. The van der Waals surface area contributed by atoms with Crippen molar-refractivity contribution in [1.82, 2.24) is 19.6 Å². The molecule has 0 saturated heterocycles. The zero-order chi connectivity index (χ0) is 11.2. The molecule has 2 rings (SSSR count). The van der Waals surface area contributed by atoms with Crippen molar-refractivity contribution < 1.29 is 5.11 Å². The molecule has 0 fully saturated rings. The Balaban J connectivity index is 2.77. The number of fused-ring (bicyclic) bond motifs is 1. The van der Waals surface area contributed by atoms with Gasteiger partial charge in [0, 0.05) is 11.8 Å². The summed E-state index contributed by atoms with van der Waals surface area (Å²) in [6, 6.07) is 1.40. The molecule has 2 heterocycles. The molecule has 0 aliphatic carbocycles. The van der Waals surface area contributed by atoms with Gasteiger partial charge in [0.1, 0.15) is 5.60 Å². The van der Waals surface area contributed by atoms with Crippen LogP contribution < -0.4 is 5.56 Å². The predicted molar refractivity (Wildman–Crippen MR) is 53.6 cm³/mol. The summed E-state index contributed by atoms with van der Waals surface area (Å²) in [5, 5.41) is 12.4. The second-order valence-electron chi connectivity index (χ2n) is 4.00. The molecule has 2 aromatic heterocycles. The zero-order valence-electron chi connectivity index (χ0n) is 8.77. The Kier molecular flexibility index (Phi) is 1.90. The molecule has 6 heteroatoms. The third-order valence-electron chi connectivity index (χ3n) is 2.04. The Morgan fingerprint density at radius 3 is 2.73 bits per heavy atom. The first-order valence-electron chi connectivity index (χ1n) is 4.57. The third-order valence-corrected chi connectivity index (χ3v) is 2.04. The van der Waals surface area contributed by atoms with Gasteiger partial charge in [0.05, 0.1) is 0 Å². The lowest BCUT2D eigenvalue weighted by Gasteiger charge is -2.11. The summed E-state index contributed by atoms with van der Waals surface area (Å²) < 4.78 is 1.21. The van der Waals surface area contributed by atoms with Gasteiger partial charge in [-0.1, -0.05) is 0 Å². The smallest absolute Gasteiger partial charge is 0.274 e. The molecule has 0 saturated carbocycles. The van der Waals surface area contributed by atoms with Crippen molar-refractivity contribution in [3.05, 3.63) is 27.9 Å². The summed E-state index contributed by atoms with van der Waals surface area (Å²) in [4.78, 5) is 19.6. The Hall–Kier alpha value is -1.69. The van der Waals surface area contributed by atoms with Gasteiger partial charge < -0.3 is 5.11 Å². The number of hydrogen-bond acceptors (Lipinski definition) is 4. The highest BCUT2D eigenvalue weighted by atomic mass is 16.3. The average molecular weight is 208 g/mol. The maximum absolute atomic E-state index is 11.5. The Morgan fingerprint density at radius 2 is 2.13 bits per heavy atom. The minimum atomic E-state index is -1.12. The summed E-state index contributed by atoms with van der Waals surface area (Å²) in [5.74, 6) is 0.592. The van der Waals surface area contributed by atoms with E-state index in [0.29, 0.717) is 11.5 Å². The van der Waals surface area contributed by atoms with Crippen LogP contribution in [0.1, 0.15) is 25.4 Å². The highest BCUT2D eigenvalue weighted by molar-refractivity contribution is 5.28. The molecule has 0 bridgehead atoms. The van der Waals surface area contributed by atoms with E-state index in [1.807, 2.05) is 0 Å². The van der Waals surface area contributed by atoms with Gasteiger partial charge in [-0.25, -0.2) is 4.98 Å². The molecule has 2 aromatic rings. The second-order valence-corrected chi connectivity index (χ2v) is 4.00. The SMILES string of the molecule is Cc1cc(=O)n2[nH]c(C(C)(C)O)nc2n1. The van der Waals surface area contributed by atoms with Crippen molar-refractivity contribution in [3.8, 4) is 0 Å². The van der Waals surface area contributed by atoms with Crippen LogP contribution >= 0.6 is 0 Å². The van der Waals surface area contributed by atoms with Crippen molar-refractivity contribution in [2.75, 3.05) is 0 Å². The molecule has 0 atom stereocenters. The van der Waals surface area contributed by atoms with Crippen LogP contribution in [0.2, 0.25) is 0 Å². The molecule has 6 nitrogen and oxygen atoms in total. The first kappa shape index (κ1) is 9.85. The van der Waals surface area contributed by atoms with Gasteiger partial charge >= 0.3 is 0 Å². The minimum Gasteiger partial charge on any atom is -0.382 e. The van der Waals surface area contributed by atoms with E-state index in [9.17, 15) is 9.90 Å². The summed E-state index contributed by atoms with van der Waals surface area (Å²) in [6.45, 7) is 4.89. The van der Waals surface area contributed by atoms with E-state index in [0.717, 1.165) is 0 Å². The largest absolute Gasteiger partial charge is 0.382 e. The average Bonchev–Trinajstić information content (AvgIpc) is 2.46. The van der Waals surface area contributed by atoms with Crippen molar-refractivity contribution >= 4 is 5.78 Å². The molecule has 0 spiro atoms. The zero-order valence-corrected chi connectivity index (χ0v) is 8.77. The Labute approximate surface area is 85.6 Å². The lowest BCUT2D eigenvalue weighted by atomic mass is 10.1. The number of aliphatic hydroxyl groups is 1. The lowest BCUT2D eigenvalue weighted by molar-refractivity contribution is 0.0690. The summed E-state index contributed by atoms with van der Waals surface area (Å²) in [5.41, 5.74) is -0.747.